The van der Waals surface area contributed by atoms with Crippen LogP contribution in [-0.2, 0) is 10.0 Å². The average Bonchev–Trinajstić information content (AvgIpc) is 2.29. The molecule has 0 spiro atoms. The van der Waals surface area contributed by atoms with Crippen molar-refractivity contribution in [3.8, 4) is 0 Å². The van der Waals surface area contributed by atoms with Gasteiger partial charge < -0.3 is 0 Å². The molecule has 0 bridgehead atoms. The lowest BCUT2D eigenvalue weighted by Gasteiger charge is -2.46. The highest BCUT2D eigenvalue weighted by atomic mass is 32.2. The van der Waals surface area contributed by atoms with Crippen molar-refractivity contribution in [2.24, 2.45) is 11.8 Å². The van der Waals surface area contributed by atoms with E-state index in [4.69, 9.17) is 0 Å². The van der Waals surface area contributed by atoms with Gasteiger partial charge in [-0.25, -0.2) is 8.42 Å². The van der Waals surface area contributed by atoms with E-state index in [0.717, 1.165) is 19.4 Å². The van der Waals surface area contributed by atoms with E-state index in [-0.39, 0.29) is 5.75 Å². The first-order valence-electron chi connectivity index (χ1n) is 6.55. The van der Waals surface area contributed by atoms with Gasteiger partial charge in [-0.15, -0.1) is 0 Å². The normalized spacial score (nSPS) is 37.0. The van der Waals surface area contributed by atoms with Gasteiger partial charge in [-0.2, -0.15) is 4.31 Å². The Morgan fingerprint density at radius 2 is 1.88 bits per heavy atom. The molecule has 1 aliphatic carbocycles. The largest absolute Gasteiger partial charge is 0.214 e. The van der Waals surface area contributed by atoms with Crippen molar-refractivity contribution in [2.75, 3.05) is 12.3 Å². The predicted octanol–water partition coefficient (Wildman–Crippen LogP) is 2.24. The molecule has 1 saturated heterocycles. The standard InChI is InChI=1S/C12H23NO2S/c1-3-16(14,15)13-9-8-10(2)11-6-4-5-7-12(11)13/h10-12H,3-9H2,1-2H3. The van der Waals surface area contributed by atoms with Crippen molar-refractivity contribution in [1.82, 2.24) is 4.31 Å². The summed E-state index contributed by atoms with van der Waals surface area (Å²) < 4.78 is 25.9. The number of fused-ring (bicyclic) bond motifs is 1. The summed E-state index contributed by atoms with van der Waals surface area (Å²) in [7, 11) is -2.98. The lowest BCUT2D eigenvalue weighted by molar-refractivity contribution is 0.0828. The Labute approximate surface area is 99.3 Å². The topological polar surface area (TPSA) is 37.4 Å². The average molecular weight is 245 g/mol. The third kappa shape index (κ3) is 2.14. The molecule has 0 N–H and O–H groups in total. The third-order valence-electron chi connectivity index (χ3n) is 4.41. The summed E-state index contributed by atoms with van der Waals surface area (Å²) in [6, 6.07) is 0.308. The van der Waals surface area contributed by atoms with Crippen molar-refractivity contribution in [1.29, 1.82) is 0 Å². The van der Waals surface area contributed by atoms with E-state index in [0.29, 0.717) is 17.9 Å². The van der Waals surface area contributed by atoms with Gasteiger partial charge in [0.2, 0.25) is 10.0 Å². The molecule has 0 radical (unpaired) electrons. The first-order chi connectivity index (χ1) is 7.56. The highest BCUT2D eigenvalue weighted by Crippen LogP contribution is 2.39. The van der Waals surface area contributed by atoms with Gasteiger partial charge in [0.05, 0.1) is 5.75 Å². The lowest BCUT2D eigenvalue weighted by Crippen LogP contribution is -2.52. The van der Waals surface area contributed by atoms with Gasteiger partial charge in [0.25, 0.3) is 0 Å². The van der Waals surface area contributed by atoms with Crippen LogP contribution in [0.1, 0.15) is 46.0 Å². The molecule has 1 heterocycles. The summed E-state index contributed by atoms with van der Waals surface area (Å²) in [4.78, 5) is 0. The Morgan fingerprint density at radius 3 is 2.56 bits per heavy atom. The summed E-state index contributed by atoms with van der Waals surface area (Å²) >= 11 is 0. The van der Waals surface area contributed by atoms with Crippen LogP contribution in [0.4, 0.5) is 0 Å². The zero-order valence-corrected chi connectivity index (χ0v) is 11.2. The molecule has 3 atom stereocenters. The minimum atomic E-state index is -2.98. The quantitative estimate of drug-likeness (QED) is 0.748. The summed E-state index contributed by atoms with van der Waals surface area (Å²) in [5.74, 6) is 1.57. The van der Waals surface area contributed by atoms with Crippen molar-refractivity contribution < 1.29 is 8.42 Å². The molecule has 94 valence electrons. The molecule has 1 aliphatic heterocycles. The Morgan fingerprint density at radius 1 is 1.19 bits per heavy atom. The Bertz CT molecular complexity index is 339. The fourth-order valence-electron chi connectivity index (χ4n) is 3.38. The van der Waals surface area contributed by atoms with Crippen molar-refractivity contribution in [3.05, 3.63) is 0 Å². The predicted molar refractivity (Wildman–Crippen MR) is 65.7 cm³/mol. The molecule has 16 heavy (non-hydrogen) atoms. The third-order valence-corrected chi connectivity index (χ3v) is 6.31. The van der Waals surface area contributed by atoms with Crippen LogP contribution < -0.4 is 0 Å². The van der Waals surface area contributed by atoms with Crippen LogP contribution >= 0.6 is 0 Å². The zero-order chi connectivity index (χ0) is 11.8. The maximum Gasteiger partial charge on any atom is 0.214 e. The highest BCUT2D eigenvalue weighted by molar-refractivity contribution is 7.89. The number of rotatable bonds is 2. The first-order valence-corrected chi connectivity index (χ1v) is 8.16. The molecule has 2 aliphatic rings. The molecule has 3 nitrogen and oxygen atoms in total. The lowest BCUT2D eigenvalue weighted by atomic mass is 9.74. The van der Waals surface area contributed by atoms with Crippen molar-refractivity contribution in [2.45, 2.75) is 52.0 Å². The van der Waals surface area contributed by atoms with Gasteiger partial charge in [0, 0.05) is 12.6 Å². The van der Waals surface area contributed by atoms with E-state index < -0.39 is 10.0 Å². The van der Waals surface area contributed by atoms with E-state index in [2.05, 4.69) is 6.92 Å². The summed E-state index contributed by atoms with van der Waals surface area (Å²) in [5, 5.41) is 0. The first kappa shape index (κ1) is 12.4. The number of piperidine rings is 1. The Kier molecular flexibility index (Phi) is 3.59. The number of hydrogen-bond acceptors (Lipinski definition) is 2. The van der Waals surface area contributed by atoms with Gasteiger partial charge in [0.1, 0.15) is 0 Å². The van der Waals surface area contributed by atoms with Crippen LogP contribution in [0, 0.1) is 11.8 Å². The Hall–Kier alpha value is -0.0900. The molecule has 3 unspecified atom stereocenters. The van der Waals surface area contributed by atoms with Crippen molar-refractivity contribution >= 4 is 10.0 Å². The fourth-order valence-corrected chi connectivity index (χ4v) is 4.77. The molecule has 4 heteroatoms. The van der Waals surface area contributed by atoms with Crippen LogP contribution in [0.15, 0.2) is 0 Å². The molecular weight excluding hydrogens is 222 g/mol. The molecular formula is C12H23NO2S. The van der Waals surface area contributed by atoms with E-state index in [1.165, 1.54) is 19.3 Å². The van der Waals surface area contributed by atoms with Crippen molar-refractivity contribution in [3.63, 3.8) is 0 Å². The highest BCUT2D eigenvalue weighted by Gasteiger charge is 2.41. The minimum Gasteiger partial charge on any atom is -0.212 e. The van der Waals surface area contributed by atoms with Gasteiger partial charge in [-0.05, 0) is 38.0 Å². The minimum absolute atomic E-state index is 0.255. The maximum atomic E-state index is 12.0. The van der Waals surface area contributed by atoms with E-state index >= 15 is 0 Å². The second-order valence-electron chi connectivity index (χ2n) is 5.29. The van der Waals surface area contributed by atoms with Crippen LogP contribution in [0.25, 0.3) is 0 Å². The van der Waals surface area contributed by atoms with E-state index in [1.807, 2.05) is 4.31 Å². The molecule has 2 rings (SSSR count). The molecule has 0 aromatic rings. The van der Waals surface area contributed by atoms with Crippen LogP contribution in [0.3, 0.4) is 0 Å². The second-order valence-corrected chi connectivity index (χ2v) is 7.50. The second kappa shape index (κ2) is 4.65. The zero-order valence-electron chi connectivity index (χ0n) is 10.4. The van der Waals surface area contributed by atoms with Gasteiger partial charge in [-0.3, -0.25) is 0 Å². The number of hydrogen-bond donors (Lipinski definition) is 0. The summed E-state index contributed by atoms with van der Waals surface area (Å²) in [6.07, 6.45) is 5.82. The van der Waals surface area contributed by atoms with Gasteiger partial charge >= 0.3 is 0 Å². The fraction of sp³-hybridized carbons (Fsp3) is 1.00. The van der Waals surface area contributed by atoms with E-state index in [9.17, 15) is 8.42 Å². The van der Waals surface area contributed by atoms with Gasteiger partial charge in [0.15, 0.2) is 0 Å². The summed E-state index contributed by atoms with van der Waals surface area (Å²) in [5.41, 5.74) is 0. The summed E-state index contributed by atoms with van der Waals surface area (Å²) in [6.45, 7) is 4.79. The smallest absolute Gasteiger partial charge is 0.212 e. The molecule has 0 aromatic heterocycles. The monoisotopic (exact) mass is 245 g/mol. The molecule has 0 amide bonds. The number of nitrogens with zero attached hydrogens (tertiary/aromatic N) is 1. The SMILES string of the molecule is CCS(=O)(=O)N1CCC(C)C2CCCCC21. The molecule has 2 fully saturated rings. The maximum absolute atomic E-state index is 12.0. The number of sulfonamides is 1. The van der Waals surface area contributed by atoms with Crippen LogP contribution in [-0.4, -0.2) is 31.1 Å². The molecule has 1 saturated carbocycles. The van der Waals surface area contributed by atoms with Gasteiger partial charge in [-0.1, -0.05) is 19.8 Å². The molecule has 0 aromatic carbocycles. The van der Waals surface area contributed by atoms with Crippen LogP contribution in [0.5, 0.6) is 0 Å². The van der Waals surface area contributed by atoms with E-state index in [1.54, 1.807) is 6.92 Å². The Balaban J connectivity index is 2.21. The van der Waals surface area contributed by atoms with Crippen LogP contribution in [0.2, 0.25) is 0 Å².